The highest BCUT2D eigenvalue weighted by atomic mass is 35.5. The summed E-state index contributed by atoms with van der Waals surface area (Å²) < 4.78 is 24.4. The van der Waals surface area contributed by atoms with Gasteiger partial charge in [-0.2, -0.15) is 0 Å². The molecule has 13 heavy (non-hydrogen) atoms. The minimum Gasteiger partial charge on any atom is -0.215 e. The van der Waals surface area contributed by atoms with Crippen molar-refractivity contribution in [2.24, 2.45) is 0 Å². The standard InChI is InChI=1S/C8H18ClNO2S/c1-2-13(11,12)10-8-6-4-3-5-7-9/h10H,2-8H2,1H3. The Balaban J connectivity index is 3.26. The Morgan fingerprint density at radius 2 is 1.77 bits per heavy atom. The van der Waals surface area contributed by atoms with Crippen molar-refractivity contribution in [3.63, 3.8) is 0 Å². The van der Waals surface area contributed by atoms with Gasteiger partial charge in [0.15, 0.2) is 0 Å². The molecule has 0 heterocycles. The molecule has 0 aliphatic heterocycles. The fourth-order valence-electron chi connectivity index (χ4n) is 0.903. The van der Waals surface area contributed by atoms with Crippen molar-refractivity contribution in [3.05, 3.63) is 0 Å². The van der Waals surface area contributed by atoms with Crippen LogP contribution in [0.15, 0.2) is 0 Å². The third kappa shape index (κ3) is 8.53. The summed E-state index contributed by atoms with van der Waals surface area (Å²) in [7, 11) is -2.99. The van der Waals surface area contributed by atoms with E-state index in [0.717, 1.165) is 25.7 Å². The van der Waals surface area contributed by atoms with Crippen LogP contribution in [0.5, 0.6) is 0 Å². The number of sulfonamides is 1. The van der Waals surface area contributed by atoms with Crippen molar-refractivity contribution >= 4 is 21.6 Å². The molecule has 0 aliphatic rings. The quantitative estimate of drug-likeness (QED) is 0.507. The Morgan fingerprint density at radius 3 is 2.31 bits per heavy atom. The summed E-state index contributed by atoms with van der Waals surface area (Å²) in [5, 5.41) is 0. The van der Waals surface area contributed by atoms with Gasteiger partial charge in [-0.05, 0) is 19.8 Å². The Hall–Kier alpha value is 0.200. The first-order valence-corrected chi connectivity index (χ1v) is 6.84. The zero-order chi connectivity index (χ0) is 10.2. The van der Waals surface area contributed by atoms with Crippen LogP contribution in [0.1, 0.15) is 32.6 Å². The Kier molecular flexibility index (Phi) is 7.71. The number of alkyl halides is 1. The maximum Gasteiger partial charge on any atom is 0.211 e. The average Bonchev–Trinajstić information content (AvgIpc) is 2.11. The highest BCUT2D eigenvalue weighted by molar-refractivity contribution is 7.89. The maximum absolute atomic E-state index is 11.0. The van der Waals surface area contributed by atoms with Gasteiger partial charge in [-0.15, -0.1) is 11.6 Å². The van der Waals surface area contributed by atoms with Crippen molar-refractivity contribution in [1.29, 1.82) is 0 Å². The maximum atomic E-state index is 11.0. The highest BCUT2D eigenvalue weighted by Crippen LogP contribution is 2.00. The van der Waals surface area contributed by atoms with Crippen LogP contribution in [-0.2, 0) is 10.0 Å². The van der Waals surface area contributed by atoms with Crippen molar-refractivity contribution in [2.45, 2.75) is 32.6 Å². The van der Waals surface area contributed by atoms with Gasteiger partial charge < -0.3 is 0 Å². The summed E-state index contributed by atoms with van der Waals surface area (Å²) >= 11 is 5.50. The van der Waals surface area contributed by atoms with Crippen LogP contribution in [0.2, 0.25) is 0 Å². The fourth-order valence-corrected chi connectivity index (χ4v) is 1.75. The Labute approximate surface area is 85.9 Å². The predicted octanol–water partition coefficient (Wildman–Crippen LogP) is 1.72. The summed E-state index contributed by atoms with van der Waals surface area (Å²) in [5.74, 6) is 0.857. The van der Waals surface area contributed by atoms with E-state index in [4.69, 9.17) is 11.6 Å². The van der Waals surface area contributed by atoms with E-state index in [1.54, 1.807) is 6.92 Å². The molecule has 0 bridgehead atoms. The zero-order valence-corrected chi connectivity index (χ0v) is 9.62. The number of rotatable bonds is 8. The molecule has 0 unspecified atom stereocenters. The molecular weight excluding hydrogens is 210 g/mol. The summed E-state index contributed by atoms with van der Waals surface area (Å²) in [4.78, 5) is 0. The largest absolute Gasteiger partial charge is 0.215 e. The first-order valence-electron chi connectivity index (χ1n) is 4.65. The average molecular weight is 228 g/mol. The SMILES string of the molecule is CCS(=O)(=O)NCCCCCCCl. The molecule has 1 N–H and O–H groups in total. The molecule has 0 radical (unpaired) electrons. The molecule has 0 aromatic heterocycles. The molecule has 0 amide bonds. The molecule has 0 rings (SSSR count). The van der Waals surface area contributed by atoms with E-state index in [9.17, 15) is 8.42 Å². The van der Waals surface area contributed by atoms with Gasteiger partial charge in [0.25, 0.3) is 0 Å². The van der Waals surface area contributed by atoms with Crippen LogP contribution in [0.25, 0.3) is 0 Å². The van der Waals surface area contributed by atoms with Crippen LogP contribution < -0.4 is 4.72 Å². The lowest BCUT2D eigenvalue weighted by Crippen LogP contribution is -2.26. The molecule has 0 fully saturated rings. The van der Waals surface area contributed by atoms with E-state index in [2.05, 4.69) is 4.72 Å². The first kappa shape index (κ1) is 13.2. The second-order valence-electron chi connectivity index (χ2n) is 2.90. The highest BCUT2D eigenvalue weighted by Gasteiger charge is 2.03. The van der Waals surface area contributed by atoms with Crippen molar-refractivity contribution in [2.75, 3.05) is 18.2 Å². The van der Waals surface area contributed by atoms with E-state index < -0.39 is 10.0 Å². The Bertz CT molecular complexity index is 204. The Morgan fingerprint density at radius 1 is 1.15 bits per heavy atom. The molecule has 0 aromatic carbocycles. The molecule has 3 nitrogen and oxygen atoms in total. The van der Waals surface area contributed by atoms with Gasteiger partial charge in [0.05, 0.1) is 5.75 Å². The minimum absolute atomic E-state index is 0.161. The van der Waals surface area contributed by atoms with Gasteiger partial charge in [0.2, 0.25) is 10.0 Å². The molecule has 0 aromatic rings. The fraction of sp³-hybridized carbons (Fsp3) is 1.00. The summed E-state index contributed by atoms with van der Waals surface area (Å²) in [5.41, 5.74) is 0. The van der Waals surface area contributed by atoms with Gasteiger partial charge >= 0.3 is 0 Å². The molecule has 0 saturated carbocycles. The predicted molar refractivity (Wildman–Crippen MR) is 56.7 cm³/mol. The lowest BCUT2D eigenvalue weighted by Gasteiger charge is -2.03. The third-order valence-corrected chi connectivity index (χ3v) is 3.43. The lowest BCUT2D eigenvalue weighted by molar-refractivity contribution is 0.575. The van der Waals surface area contributed by atoms with Gasteiger partial charge in [0.1, 0.15) is 0 Å². The molecule has 0 aliphatic carbocycles. The molecule has 0 saturated heterocycles. The molecule has 5 heteroatoms. The second kappa shape index (κ2) is 7.59. The molecule has 0 spiro atoms. The summed E-state index contributed by atoms with van der Waals surface area (Å²) in [6.07, 6.45) is 4.04. The van der Waals surface area contributed by atoms with E-state index >= 15 is 0 Å². The van der Waals surface area contributed by atoms with Gasteiger partial charge in [-0.25, -0.2) is 13.1 Å². The van der Waals surface area contributed by atoms with E-state index in [0.29, 0.717) is 12.4 Å². The van der Waals surface area contributed by atoms with Crippen molar-refractivity contribution in [1.82, 2.24) is 4.72 Å². The van der Waals surface area contributed by atoms with Gasteiger partial charge in [0, 0.05) is 12.4 Å². The second-order valence-corrected chi connectivity index (χ2v) is 5.37. The molecule has 80 valence electrons. The normalized spacial score (nSPS) is 11.8. The van der Waals surface area contributed by atoms with Crippen LogP contribution in [0, 0.1) is 0 Å². The molecular formula is C8H18ClNO2S. The van der Waals surface area contributed by atoms with Crippen molar-refractivity contribution < 1.29 is 8.42 Å². The first-order chi connectivity index (χ1) is 6.12. The number of hydrogen-bond donors (Lipinski definition) is 1. The third-order valence-electron chi connectivity index (χ3n) is 1.76. The summed E-state index contributed by atoms with van der Waals surface area (Å²) in [6.45, 7) is 2.19. The molecule has 0 atom stereocenters. The lowest BCUT2D eigenvalue weighted by atomic mass is 10.2. The van der Waals surface area contributed by atoms with E-state index in [1.165, 1.54) is 0 Å². The van der Waals surface area contributed by atoms with Crippen LogP contribution in [0.4, 0.5) is 0 Å². The number of hydrogen-bond acceptors (Lipinski definition) is 2. The number of unbranched alkanes of at least 4 members (excludes halogenated alkanes) is 3. The van der Waals surface area contributed by atoms with Gasteiger partial charge in [-0.3, -0.25) is 0 Å². The van der Waals surface area contributed by atoms with Crippen molar-refractivity contribution in [3.8, 4) is 0 Å². The summed E-state index contributed by atoms with van der Waals surface area (Å²) in [6, 6.07) is 0. The van der Waals surface area contributed by atoms with Crippen LogP contribution >= 0.6 is 11.6 Å². The topological polar surface area (TPSA) is 46.2 Å². The van der Waals surface area contributed by atoms with E-state index in [-0.39, 0.29) is 5.75 Å². The van der Waals surface area contributed by atoms with Crippen LogP contribution in [-0.4, -0.2) is 26.6 Å². The van der Waals surface area contributed by atoms with Crippen LogP contribution in [0.3, 0.4) is 0 Å². The minimum atomic E-state index is -2.99. The number of nitrogens with one attached hydrogen (secondary N) is 1. The van der Waals surface area contributed by atoms with Gasteiger partial charge in [-0.1, -0.05) is 12.8 Å². The monoisotopic (exact) mass is 227 g/mol. The smallest absolute Gasteiger partial charge is 0.211 e. The van der Waals surface area contributed by atoms with E-state index in [1.807, 2.05) is 0 Å². The zero-order valence-electron chi connectivity index (χ0n) is 8.05. The number of halogens is 1.